The molecular formula is C6H11FO. The van der Waals surface area contributed by atoms with E-state index < -0.39 is 5.60 Å². The Morgan fingerprint density at radius 3 is 2.50 bits per heavy atom. The highest BCUT2D eigenvalue weighted by Gasteiger charge is 2.50. The number of epoxide rings is 1. The maximum absolute atomic E-state index is 11.9. The normalized spacial score (nSPS) is 44.6. The average molecular weight is 118 g/mol. The molecule has 2 heteroatoms. The number of ether oxygens (including phenoxy) is 1. The van der Waals surface area contributed by atoms with E-state index in [2.05, 4.69) is 0 Å². The minimum atomic E-state index is -0.408. The van der Waals surface area contributed by atoms with Crippen molar-refractivity contribution in [2.45, 2.75) is 32.0 Å². The van der Waals surface area contributed by atoms with Crippen LogP contribution in [0.2, 0.25) is 0 Å². The number of alkyl halides is 1. The third-order valence-corrected chi connectivity index (χ3v) is 1.67. The molecule has 1 saturated heterocycles. The van der Waals surface area contributed by atoms with Gasteiger partial charge in [-0.25, -0.2) is 4.39 Å². The SMILES string of the molecule is CCC1OC1(C)CF. The molecule has 48 valence electrons. The van der Waals surface area contributed by atoms with Crippen molar-refractivity contribution in [3.8, 4) is 0 Å². The molecule has 0 amide bonds. The van der Waals surface area contributed by atoms with Crippen LogP contribution in [0.4, 0.5) is 4.39 Å². The molecule has 1 heterocycles. The van der Waals surface area contributed by atoms with Gasteiger partial charge < -0.3 is 4.74 Å². The predicted octanol–water partition coefficient (Wildman–Crippen LogP) is 1.52. The first-order chi connectivity index (χ1) is 3.73. The van der Waals surface area contributed by atoms with E-state index in [0.29, 0.717) is 0 Å². The summed E-state index contributed by atoms with van der Waals surface area (Å²) in [5.41, 5.74) is -0.408. The number of hydrogen-bond donors (Lipinski definition) is 0. The Kier molecular flexibility index (Phi) is 1.27. The van der Waals surface area contributed by atoms with Gasteiger partial charge in [-0.2, -0.15) is 0 Å². The van der Waals surface area contributed by atoms with E-state index in [0.717, 1.165) is 6.42 Å². The second-order valence-electron chi connectivity index (χ2n) is 2.46. The molecule has 1 rings (SSSR count). The monoisotopic (exact) mass is 118 g/mol. The molecule has 0 aromatic heterocycles. The first kappa shape index (κ1) is 6.02. The van der Waals surface area contributed by atoms with Crippen molar-refractivity contribution in [3.05, 3.63) is 0 Å². The van der Waals surface area contributed by atoms with Crippen LogP contribution in [0.3, 0.4) is 0 Å². The lowest BCUT2D eigenvalue weighted by Gasteiger charge is -1.93. The number of rotatable bonds is 2. The molecule has 0 aromatic carbocycles. The lowest BCUT2D eigenvalue weighted by molar-refractivity contribution is 0.258. The van der Waals surface area contributed by atoms with Crippen LogP contribution in [0.25, 0.3) is 0 Å². The Morgan fingerprint density at radius 2 is 2.38 bits per heavy atom. The van der Waals surface area contributed by atoms with Gasteiger partial charge in [-0.1, -0.05) is 6.92 Å². The molecule has 1 nitrogen and oxygen atoms in total. The van der Waals surface area contributed by atoms with E-state index in [1.54, 1.807) is 6.92 Å². The fourth-order valence-electron chi connectivity index (χ4n) is 0.924. The first-order valence-corrected chi connectivity index (χ1v) is 2.96. The minimum Gasteiger partial charge on any atom is -0.364 e. The summed E-state index contributed by atoms with van der Waals surface area (Å²) >= 11 is 0. The Hall–Kier alpha value is -0.110. The quantitative estimate of drug-likeness (QED) is 0.501. The lowest BCUT2D eigenvalue weighted by Crippen LogP contribution is -2.11. The molecule has 1 fully saturated rings. The van der Waals surface area contributed by atoms with E-state index in [9.17, 15) is 4.39 Å². The predicted molar refractivity (Wildman–Crippen MR) is 29.5 cm³/mol. The van der Waals surface area contributed by atoms with Gasteiger partial charge in [-0.15, -0.1) is 0 Å². The van der Waals surface area contributed by atoms with Crippen LogP contribution in [0, 0.1) is 0 Å². The largest absolute Gasteiger partial charge is 0.364 e. The third kappa shape index (κ3) is 0.730. The van der Waals surface area contributed by atoms with Crippen molar-refractivity contribution in [2.24, 2.45) is 0 Å². The highest BCUT2D eigenvalue weighted by Crippen LogP contribution is 2.38. The van der Waals surface area contributed by atoms with Crippen LogP contribution in [-0.4, -0.2) is 18.4 Å². The summed E-state index contributed by atoms with van der Waals surface area (Å²) in [6.45, 7) is 3.47. The van der Waals surface area contributed by atoms with Crippen molar-refractivity contribution in [3.63, 3.8) is 0 Å². The molecule has 8 heavy (non-hydrogen) atoms. The molecule has 2 unspecified atom stereocenters. The zero-order valence-electron chi connectivity index (χ0n) is 5.28. The molecule has 0 aromatic rings. The Balaban J connectivity index is 2.31. The molecule has 0 saturated carbocycles. The van der Waals surface area contributed by atoms with Gasteiger partial charge in [0.1, 0.15) is 12.3 Å². The molecule has 0 radical (unpaired) electrons. The van der Waals surface area contributed by atoms with E-state index in [1.165, 1.54) is 0 Å². The fourth-order valence-corrected chi connectivity index (χ4v) is 0.924. The van der Waals surface area contributed by atoms with Gasteiger partial charge >= 0.3 is 0 Å². The van der Waals surface area contributed by atoms with Gasteiger partial charge in [0, 0.05) is 0 Å². The highest BCUT2D eigenvalue weighted by molar-refractivity contribution is 4.97. The van der Waals surface area contributed by atoms with Crippen molar-refractivity contribution in [2.75, 3.05) is 6.67 Å². The smallest absolute Gasteiger partial charge is 0.121 e. The molecule has 2 atom stereocenters. The van der Waals surface area contributed by atoms with Gasteiger partial charge in [0.25, 0.3) is 0 Å². The van der Waals surface area contributed by atoms with E-state index in [1.807, 2.05) is 6.92 Å². The number of hydrogen-bond acceptors (Lipinski definition) is 1. The Bertz CT molecular complexity index is 94.5. The van der Waals surface area contributed by atoms with Gasteiger partial charge in [0.2, 0.25) is 0 Å². The summed E-state index contributed by atoms with van der Waals surface area (Å²) in [6.07, 6.45) is 1.12. The standard InChI is InChI=1S/C6H11FO/c1-3-5-6(2,4-7)8-5/h5H,3-4H2,1-2H3. The molecule has 0 aliphatic carbocycles. The van der Waals surface area contributed by atoms with Gasteiger partial charge in [-0.05, 0) is 13.3 Å². The van der Waals surface area contributed by atoms with Crippen molar-refractivity contribution in [1.82, 2.24) is 0 Å². The molecule has 1 aliphatic heterocycles. The van der Waals surface area contributed by atoms with E-state index in [-0.39, 0.29) is 12.8 Å². The minimum absolute atomic E-state index is 0.187. The summed E-state index contributed by atoms with van der Waals surface area (Å²) in [4.78, 5) is 0. The van der Waals surface area contributed by atoms with Crippen molar-refractivity contribution >= 4 is 0 Å². The van der Waals surface area contributed by atoms with Crippen molar-refractivity contribution < 1.29 is 9.13 Å². The lowest BCUT2D eigenvalue weighted by atomic mass is 10.1. The van der Waals surface area contributed by atoms with Crippen LogP contribution >= 0.6 is 0 Å². The summed E-state index contributed by atoms with van der Waals surface area (Å²) < 4.78 is 16.9. The summed E-state index contributed by atoms with van der Waals surface area (Å²) in [5, 5.41) is 0. The van der Waals surface area contributed by atoms with Crippen LogP contribution in [0.5, 0.6) is 0 Å². The second kappa shape index (κ2) is 1.69. The van der Waals surface area contributed by atoms with E-state index in [4.69, 9.17) is 4.74 Å². The zero-order chi connectivity index (χ0) is 6.20. The van der Waals surface area contributed by atoms with Crippen LogP contribution in [-0.2, 0) is 4.74 Å². The van der Waals surface area contributed by atoms with Crippen LogP contribution < -0.4 is 0 Å². The van der Waals surface area contributed by atoms with Crippen LogP contribution in [0.15, 0.2) is 0 Å². The van der Waals surface area contributed by atoms with Crippen molar-refractivity contribution in [1.29, 1.82) is 0 Å². The van der Waals surface area contributed by atoms with Crippen LogP contribution in [0.1, 0.15) is 20.3 Å². The maximum Gasteiger partial charge on any atom is 0.121 e. The summed E-state index contributed by atoms with van der Waals surface area (Å²) in [5.74, 6) is 0. The first-order valence-electron chi connectivity index (χ1n) is 2.96. The molecule has 0 bridgehead atoms. The zero-order valence-corrected chi connectivity index (χ0v) is 5.28. The summed E-state index contributed by atoms with van der Waals surface area (Å²) in [7, 11) is 0. The maximum atomic E-state index is 11.9. The van der Waals surface area contributed by atoms with Gasteiger partial charge in [-0.3, -0.25) is 0 Å². The highest BCUT2D eigenvalue weighted by atomic mass is 19.1. The number of halogens is 1. The molecule has 0 spiro atoms. The Morgan fingerprint density at radius 1 is 1.75 bits per heavy atom. The Labute approximate surface area is 48.8 Å². The third-order valence-electron chi connectivity index (χ3n) is 1.67. The van der Waals surface area contributed by atoms with Gasteiger partial charge in [0.05, 0.1) is 6.10 Å². The average Bonchev–Trinajstić information content (AvgIpc) is 2.44. The van der Waals surface area contributed by atoms with Gasteiger partial charge in [0.15, 0.2) is 0 Å². The summed E-state index contributed by atoms with van der Waals surface area (Å²) in [6, 6.07) is 0. The molecular weight excluding hydrogens is 107 g/mol. The molecule has 0 N–H and O–H groups in total. The second-order valence-corrected chi connectivity index (χ2v) is 2.46. The van der Waals surface area contributed by atoms with E-state index >= 15 is 0 Å². The fraction of sp³-hybridized carbons (Fsp3) is 1.00. The molecule has 1 aliphatic rings. The topological polar surface area (TPSA) is 12.5 Å².